The van der Waals surface area contributed by atoms with E-state index in [1.165, 1.54) is 0 Å². The Kier molecular flexibility index (Phi) is 4.23. The van der Waals surface area contributed by atoms with Crippen LogP contribution in [-0.4, -0.2) is 36.8 Å². The molecule has 0 radical (unpaired) electrons. The van der Waals surface area contributed by atoms with Crippen molar-refractivity contribution in [1.29, 1.82) is 0 Å². The first kappa shape index (κ1) is 14.2. The second kappa shape index (κ2) is 5.95. The van der Waals surface area contributed by atoms with Gasteiger partial charge in [0.2, 0.25) is 0 Å². The van der Waals surface area contributed by atoms with Gasteiger partial charge in [0.05, 0.1) is 18.3 Å². The molecule has 0 saturated carbocycles. The predicted octanol–water partition coefficient (Wildman–Crippen LogP) is 3.52. The minimum absolute atomic E-state index is 0.0800. The van der Waals surface area contributed by atoms with Crippen LogP contribution in [0.3, 0.4) is 0 Å². The Morgan fingerprint density at radius 2 is 2.20 bits per heavy atom. The van der Waals surface area contributed by atoms with E-state index in [1.54, 1.807) is 18.9 Å². The molecule has 0 amide bonds. The molecule has 0 atom stereocenters. The van der Waals surface area contributed by atoms with Crippen molar-refractivity contribution >= 4 is 38.5 Å². The number of rotatable bonds is 2. The molecule has 1 spiro atoms. The van der Waals surface area contributed by atoms with Crippen molar-refractivity contribution in [2.45, 2.75) is 18.4 Å². The van der Waals surface area contributed by atoms with E-state index in [9.17, 15) is 0 Å². The average Bonchev–Trinajstić information content (AvgIpc) is 2.84. The van der Waals surface area contributed by atoms with E-state index >= 15 is 0 Å². The number of methoxy groups -OCH3 is 1. The number of thioether (sulfide) groups is 1. The lowest BCUT2D eigenvalue weighted by Gasteiger charge is -2.29. The molecule has 3 rings (SSSR count). The van der Waals surface area contributed by atoms with Crippen LogP contribution in [0.15, 0.2) is 27.7 Å². The maximum absolute atomic E-state index is 5.44. The molecule has 0 aromatic heterocycles. The lowest BCUT2D eigenvalue weighted by atomic mass is 9.93. The maximum atomic E-state index is 5.44. The summed E-state index contributed by atoms with van der Waals surface area (Å²) in [7, 11) is 1.67. The minimum atomic E-state index is 0.0800. The first-order chi connectivity index (χ1) is 9.71. The van der Waals surface area contributed by atoms with Crippen LogP contribution in [0.5, 0.6) is 5.75 Å². The highest BCUT2D eigenvalue weighted by Crippen LogP contribution is 2.37. The van der Waals surface area contributed by atoms with Gasteiger partial charge in [0, 0.05) is 29.5 Å². The molecule has 2 aliphatic rings. The van der Waals surface area contributed by atoms with Crippen LogP contribution in [0.25, 0.3) is 0 Å². The van der Waals surface area contributed by atoms with Crippen LogP contribution in [0, 0.1) is 0 Å². The Bertz CT molecular complexity index is 530. The van der Waals surface area contributed by atoms with Crippen molar-refractivity contribution < 1.29 is 9.47 Å². The smallest absolute Gasteiger partial charge is 0.161 e. The monoisotopic (exact) mass is 356 g/mol. The van der Waals surface area contributed by atoms with Gasteiger partial charge in [-0.3, -0.25) is 4.99 Å². The minimum Gasteiger partial charge on any atom is -0.497 e. The molecule has 108 valence electrons. The van der Waals surface area contributed by atoms with Crippen LogP contribution >= 0.6 is 27.7 Å². The molecule has 20 heavy (non-hydrogen) atoms. The van der Waals surface area contributed by atoms with Crippen LogP contribution < -0.4 is 10.1 Å². The Labute approximate surface area is 131 Å². The highest BCUT2D eigenvalue weighted by atomic mass is 79.9. The summed E-state index contributed by atoms with van der Waals surface area (Å²) in [4.78, 5) is 4.90. The Hall–Kier alpha value is -0.720. The molecule has 1 aromatic rings. The fourth-order valence-electron chi connectivity index (χ4n) is 2.40. The number of amidine groups is 1. The predicted molar refractivity (Wildman–Crippen MR) is 87.0 cm³/mol. The van der Waals surface area contributed by atoms with Crippen LogP contribution in [0.4, 0.5) is 5.69 Å². The van der Waals surface area contributed by atoms with Gasteiger partial charge in [-0.25, -0.2) is 0 Å². The molecule has 1 fully saturated rings. The fraction of sp³-hybridized carbons (Fsp3) is 0.500. The molecule has 1 N–H and O–H groups in total. The molecule has 2 aliphatic heterocycles. The number of hydrogen-bond donors (Lipinski definition) is 1. The van der Waals surface area contributed by atoms with Gasteiger partial charge in [0.1, 0.15) is 5.75 Å². The molecule has 4 nitrogen and oxygen atoms in total. The van der Waals surface area contributed by atoms with Gasteiger partial charge < -0.3 is 14.8 Å². The number of hydrogen-bond acceptors (Lipinski definition) is 5. The van der Waals surface area contributed by atoms with Crippen molar-refractivity contribution in [2.24, 2.45) is 4.99 Å². The molecule has 0 unspecified atom stereocenters. The van der Waals surface area contributed by atoms with Crippen molar-refractivity contribution in [3.8, 4) is 5.75 Å². The van der Waals surface area contributed by atoms with Crippen molar-refractivity contribution in [3.63, 3.8) is 0 Å². The van der Waals surface area contributed by atoms with E-state index in [0.717, 1.165) is 52.9 Å². The molecular formula is C14H17BrN2O2S. The highest BCUT2D eigenvalue weighted by Gasteiger charge is 2.37. The number of benzene rings is 1. The molecule has 1 aromatic carbocycles. The SMILES string of the molecule is COc1ccc(Br)c(NC2=NC3(CCOCC3)CS2)c1. The zero-order chi connectivity index (χ0) is 14.0. The van der Waals surface area contributed by atoms with E-state index < -0.39 is 0 Å². The molecule has 0 bridgehead atoms. The van der Waals surface area contributed by atoms with E-state index in [1.807, 2.05) is 18.2 Å². The fourth-order valence-corrected chi connectivity index (χ4v) is 3.94. The molecule has 1 saturated heterocycles. The maximum Gasteiger partial charge on any atom is 0.161 e. The number of nitrogens with one attached hydrogen (secondary N) is 1. The van der Waals surface area contributed by atoms with Gasteiger partial charge >= 0.3 is 0 Å². The van der Waals surface area contributed by atoms with Crippen molar-refractivity contribution in [2.75, 3.05) is 31.4 Å². The van der Waals surface area contributed by atoms with E-state index in [-0.39, 0.29) is 5.54 Å². The van der Waals surface area contributed by atoms with E-state index in [2.05, 4.69) is 21.2 Å². The Morgan fingerprint density at radius 1 is 1.40 bits per heavy atom. The number of aliphatic imine (C=N–C) groups is 1. The van der Waals surface area contributed by atoms with E-state index in [4.69, 9.17) is 14.5 Å². The van der Waals surface area contributed by atoms with Crippen LogP contribution in [0.2, 0.25) is 0 Å². The summed E-state index contributed by atoms with van der Waals surface area (Å²) in [5, 5.41) is 4.39. The molecule has 2 heterocycles. The molecule has 0 aliphatic carbocycles. The van der Waals surface area contributed by atoms with Gasteiger partial charge in [-0.15, -0.1) is 0 Å². The number of nitrogens with zero attached hydrogens (tertiary/aromatic N) is 1. The second-order valence-electron chi connectivity index (χ2n) is 5.01. The second-order valence-corrected chi connectivity index (χ2v) is 6.83. The zero-order valence-electron chi connectivity index (χ0n) is 11.3. The third-order valence-electron chi connectivity index (χ3n) is 3.65. The summed E-state index contributed by atoms with van der Waals surface area (Å²) in [5.41, 5.74) is 1.07. The largest absolute Gasteiger partial charge is 0.497 e. The lowest BCUT2D eigenvalue weighted by molar-refractivity contribution is 0.0624. The quantitative estimate of drug-likeness (QED) is 0.880. The van der Waals surface area contributed by atoms with Gasteiger partial charge in [-0.1, -0.05) is 11.8 Å². The van der Waals surface area contributed by atoms with Gasteiger partial charge in [0.25, 0.3) is 0 Å². The standard InChI is InChI=1S/C14H17BrN2O2S/c1-18-10-2-3-11(15)12(8-10)16-13-17-14(9-20-13)4-6-19-7-5-14/h2-3,8H,4-7,9H2,1H3,(H,16,17). The van der Waals surface area contributed by atoms with Gasteiger partial charge in [0.15, 0.2) is 5.17 Å². The zero-order valence-corrected chi connectivity index (χ0v) is 13.7. The van der Waals surface area contributed by atoms with Crippen LogP contribution in [-0.2, 0) is 4.74 Å². The summed E-state index contributed by atoms with van der Waals surface area (Å²) in [6.07, 6.45) is 2.04. The highest BCUT2D eigenvalue weighted by molar-refractivity contribution is 9.10. The first-order valence-electron chi connectivity index (χ1n) is 6.62. The third kappa shape index (κ3) is 2.97. The topological polar surface area (TPSA) is 42.8 Å². The normalized spacial score (nSPS) is 20.8. The van der Waals surface area contributed by atoms with Crippen molar-refractivity contribution in [1.82, 2.24) is 0 Å². The Balaban J connectivity index is 1.76. The number of anilines is 1. The summed E-state index contributed by atoms with van der Waals surface area (Å²) < 4.78 is 11.7. The van der Waals surface area contributed by atoms with Gasteiger partial charge in [-0.05, 0) is 40.9 Å². The first-order valence-corrected chi connectivity index (χ1v) is 8.40. The third-order valence-corrected chi connectivity index (χ3v) is 5.49. The van der Waals surface area contributed by atoms with Gasteiger partial charge in [-0.2, -0.15) is 0 Å². The number of halogens is 1. The van der Waals surface area contributed by atoms with Crippen LogP contribution in [0.1, 0.15) is 12.8 Å². The molecule has 6 heteroatoms. The van der Waals surface area contributed by atoms with Crippen molar-refractivity contribution in [3.05, 3.63) is 22.7 Å². The summed E-state index contributed by atoms with van der Waals surface area (Å²) >= 11 is 5.34. The number of ether oxygens (including phenoxy) is 2. The summed E-state index contributed by atoms with van der Waals surface area (Å²) in [6, 6.07) is 5.88. The lowest BCUT2D eigenvalue weighted by Crippen LogP contribution is -2.34. The summed E-state index contributed by atoms with van der Waals surface area (Å²) in [5.74, 6) is 1.88. The average molecular weight is 357 g/mol. The molecular weight excluding hydrogens is 340 g/mol. The van der Waals surface area contributed by atoms with E-state index in [0.29, 0.717) is 0 Å². The summed E-state index contributed by atoms with van der Waals surface area (Å²) in [6.45, 7) is 1.64. The Morgan fingerprint density at radius 3 is 2.95 bits per heavy atom.